The lowest BCUT2D eigenvalue weighted by atomic mass is 9.77. The van der Waals surface area contributed by atoms with Crippen molar-refractivity contribution in [2.24, 2.45) is 5.92 Å². The SMILES string of the molecule is CC1C(C(=O)O)CCN1C(=O)C1(c2ccc(F)cc2)CCCC1. The van der Waals surface area contributed by atoms with Crippen LogP contribution in [0.5, 0.6) is 0 Å². The van der Waals surface area contributed by atoms with E-state index in [1.165, 1.54) is 12.1 Å². The molecule has 3 rings (SSSR count). The molecule has 2 fully saturated rings. The second-order valence-electron chi connectivity index (χ2n) is 6.77. The zero-order valence-electron chi connectivity index (χ0n) is 13.3. The molecule has 23 heavy (non-hydrogen) atoms. The minimum Gasteiger partial charge on any atom is -0.481 e. The van der Waals surface area contributed by atoms with Crippen LogP contribution in [0, 0.1) is 11.7 Å². The molecule has 1 saturated carbocycles. The summed E-state index contributed by atoms with van der Waals surface area (Å²) in [6.45, 7) is 2.30. The fourth-order valence-electron chi connectivity index (χ4n) is 4.20. The van der Waals surface area contributed by atoms with Gasteiger partial charge in [-0.25, -0.2) is 4.39 Å². The number of carboxylic acids is 1. The van der Waals surface area contributed by atoms with Crippen molar-refractivity contribution in [2.75, 3.05) is 6.54 Å². The maximum absolute atomic E-state index is 13.3. The third kappa shape index (κ3) is 2.62. The van der Waals surface area contributed by atoms with E-state index >= 15 is 0 Å². The van der Waals surface area contributed by atoms with Gasteiger partial charge < -0.3 is 10.0 Å². The molecule has 2 atom stereocenters. The number of halogens is 1. The molecule has 1 aliphatic carbocycles. The van der Waals surface area contributed by atoms with Crippen LogP contribution in [0.1, 0.15) is 44.6 Å². The van der Waals surface area contributed by atoms with Crippen LogP contribution in [0.3, 0.4) is 0 Å². The lowest BCUT2D eigenvalue weighted by molar-refractivity contribution is -0.144. The average molecular weight is 319 g/mol. The number of benzene rings is 1. The molecule has 0 bridgehead atoms. The second kappa shape index (κ2) is 5.95. The van der Waals surface area contributed by atoms with Crippen molar-refractivity contribution >= 4 is 11.9 Å². The van der Waals surface area contributed by atoms with E-state index in [1.54, 1.807) is 17.0 Å². The minimum atomic E-state index is -0.838. The Morgan fingerprint density at radius 1 is 1.22 bits per heavy atom. The molecule has 1 aliphatic heterocycles. The molecule has 1 amide bonds. The van der Waals surface area contributed by atoms with Crippen molar-refractivity contribution in [2.45, 2.75) is 50.5 Å². The van der Waals surface area contributed by atoms with Gasteiger partial charge in [-0.05, 0) is 43.9 Å². The van der Waals surface area contributed by atoms with Crippen molar-refractivity contribution in [3.8, 4) is 0 Å². The average Bonchev–Trinajstić information content (AvgIpc) is 3.15. The van der Waals surface area contributed by atoms with Crippen LogP contribution < -0.4 is 0 Å². The molecule has 1 N–H and O–H groups in total. The minimum absolute atomic E-state index is 0.0119. The molecule has 1 aromatic carbocycles. The number of rotatable bonds is 3. The Labute approximate surface area is 135 Å². The summed E-state index contributed by atoms with van der Waals surface area (Å²) in [6.07, 6.45) is 3.93. The van der Waals surface area contributed by atoms with Gasteiger partial charge in [0.05, 0.1) is 11.3 Å². The van der Waals surface area contributed by atoms with Crippen LogP contribution in [0.15, 0.2) is 24.3 Å². The summed E-state index contributed by atoms with van der Waals surface area (Å²) in [5.74, 6) is -1.63. The highest BCUT2D eigenvalue weighted by molar-refractivity contribution is 5.90. The first kappa shape index (κ1) is 16.0. The molecule has 124 valence electrons. The van der Waals surface area contributed by atoms with E-state index in [0.29, 0.717) is 13.0 Å². The fraction of sp³-hybridized carbons (Fsp3) is 0.556. The van der Waals surface area contributed by atoms with Gasteiger partial charge in [-0.1, -0.05) is 25.0 Å². The van der Waals surface area contributed by atoms with E-state index in [4.69, 9.17) is 0 Å². The molecule has 0 spiro atoms. The molecular formula is C18H22FNO3. The molecule has 2 unspecified atom stereocenters. The van der Waals surface area contributed by atoms with Gasteiger partial charge in [-0.15, -0.1) is 0 Å². The van der Waals surface area contributed by atoms with Crippen LogP contribution in [0.25, 0.3) is 0 Å². The summed E-state index contributed by atoms with van der Waals surface area (Å²) in [4.78, 5) is 26.3. The van der Waals surface area contributed by atoms with Gasteiger partial charge in [0.2, 0.25) is 5.91 Å². The maximum atomic E-state index is 13.3. The Morgan fingerprint density at radius 3 is 2.35 bits per heavy atom. The summed E-state index contributed by atoms with van der Waals surface area (Å²) in [7, 11) is 0. The van der Waals surface area contributed by atoms with Gasteiger partial charge in [0.1, 0.15) is 5.82 Å². The van der Waals surface area contributed by atoms with Gasteiger partial charge >= 0.3 is 5.97 Å². The highest BCUT2D eigenvalue weighted by atomic mass is 19.1. The molecule has 4 nitrogen and oxygen atoms in total. The van der Waals surface area contributed by atoms with Gasteiger partial charge in [-0.3, -0.25) is 9.59 Å². The Morgan fingerprint density at radius 2 is 1.83 bits per heavy atom. The van der Waals surface area contributed by atoms with Crippen LogP contribution >= 0.6 is 0 Å². The Hall–Kier alpha value is -1.91. The number of carbonyl (C=O) groups excluding carboxylic acids is 1. The molecule has 0 radical (unpaired) electrons. The number of hydrogen-bond donors (Lipinski definition) is 1. The summed E-state index contributed by atoms with van der Waals surface area (Å²) in [5, 5.41) is 9.28. The molecular weight excluding hydrogens is 297 g/mol. The van der Waals surface area contributed by atoms with Crippen molar-refractivity contribution in [3.05, 3.63) is 35.6 Å². The first-order valence-corrected chi connectivity index (χ1v) is 8.25. The third-order valence-corrected chi connectivity index (χ3v) is 5.60. The largest absolute Gasteiger partial charge is 0.481 e. The maximum Gasteiger partial charge on any atom is 0.308 e. The van der Waals surface area contributed by atoms with Gasteiger partial charge in [0.15, 0.2) is 0 Å². The van der Waals surface area contributed by atoms with Crippen LogP contribution in [-0.2, 0) is 15.0 Å². The van der Waals surface area contributed by atoms with Crippen molar-refractivity contribution in [3.63, 3.8) is 0 Å². The number of carbonyl (C=O) groups is 2. The van der Waals surface area contributed by atoms with E-state index in [0.717, 1.165) is 31.2 Å². The number of hydrogen-bond acceptors (Lipinski definition) is 2. The van der Waals surface area contributed by atoms with Crippen LogP contribution in [-0.4, -0.2) is 34.5 Å². The molecule has 1 saturated heterocycles. The molecule has 0 aromatic heterocycles. The second-order valence-corrected chi connectivity index (χ2v) is 6.77. The van der Waals surface area contributed by atoms with Crippen LogP contribution in [0.2, 0.25) is 0 Å². The van der Waals surface area contributed by atoms with E-state index in [9.17, 15) is 19.1 Å². The zero-order chi connectivity index (χ0) is 16.6. The smallest absolute Gasteiger partial charge is 0.308 e. The third-order valence-electron chi connectivity index (χ3n) is 5.60. The normalized spacial score (nSPS) is 26.4. The van der Waals surface area contributed by atoms with E-state index in [-0.39, 0.29) is 17.8 Å². The van der Waals surface area contributed by atoms with Gasteiger partial charge in [0.25, 0.3) is 0 Å². The topological polar surface area (TPSA) is 57.6 Å². The summed E-state index contributed by atoms with van der Waals surface area (Å²) < 4.78 is 13.2. The lowest BCUT2D eigenvalue weighted by Gasteiger charge is -2.35. The molecule has 1 aromatic rings. The monoisotopic (exact) mass is 319 g/mol. The standard InChI is InChI=1S/C18H22FNO3/c1-12-15(16(21)22)8-11-20(12)17(23)18(9-2-3-10-18)13-4-6-14(19)7-5-13/h4-7,12,15H,2-3,8-11H2,1H3,(H,21,22). The predicted octanol–water partition coefficient (Wildman–Crippen LogP) is 2.96. The van der Waals surface area contributed by atoms with E-state index < -0.39 is 17.3 Å². The van der Waals surface area contributed by atoms with Gasteiger partial charge in [0, 0.05) is 12.6 Å². The molecule has 2 aliphatic rings. The highest BCUT2D eigenvalue weighted by Crippen LogP contribution is 2.44. The van der Waals surface area contributed by atoms with Crippen molar-refractivity contribution < 1.29 is 19.1 Å². The summed E-state index contributed by atoms with van der Waals surface area (Å²) in [5.41, 5.74) is 0.238. The number of amides is 1. The van der Waals surface area contributed by atoms with Crippen molar-refractivity contribution in [1.82, 2.24) is 4.90 Å². The summed E-state index contributed by atoms with van der Waals surface area (Å²) >= 11 is 0. The summed E-state index contributed by atoms with van der Waals surface area (Å²) in [6, 6.07) is 5.91. The highest BCUT2D eigenvalue weighted by Gasteiger charge is 2.49. The van der Waals surface area contributed by atoms with Crippen molar-refractivity contribution in [1.29, 1.82) is 0 Å². The van der Waals surface area contributed by atoms with Crippen LogP contribution in [0.4, 0.5) is 4.39 Å². The Balaban J connectivity index is 1.91. The van der Waals surface area contributed by atoms with Gasteiger partial charge in [-0.2, -0.15) is 0 Å². The predicted molar refractivity (Wildman–Crippen MR) is 83.5 cm³/mol. The fourth-order valence-corrected chi connectivity index (χ4v) is 4.20. The molecule has 1 heterocycles. The quantitative estimate of drug-likeness (QED) is 0.932. The zero-order valence-corrected chi connectivity index (χ0v) is 13.3. The number of aliphatic carboxylic acids is 1. The number of carboxylic acid groups (broad SMARTS) is 1. The molecule has 5 heteroatoms. The first-order valence-electron chi connectivity index (χ1n) is 8.25. The van der Waals surface area contributed by atoms with E-state index in [2.05, 4.69) is 0 Å². The number of likely N-dealkylation sites (tertiary alicyclic amines) is 1. The number of nitrogens with zero attached hydrogens (tertiary/aromatic N) is 1. The first-order chi connectivity index (χ1) is 11.0. The lowest BCUT2D eigenvalue weighted by Crippen LogP contribution is -2.48. The Kier molecular flexibility index (Phi) is 4.13. The Bertz CT molecular complexity index is 607. The van der Waals surface area contributed by atoms with E-state index in [1.807, 2.05) is 6.92 Å².